The highest BCUT2D eigenvalue weighted by Gasteiger charge is 2.16. The lowest BCUT2D eigenvalue weighted by atomic mass is 10.2. The number of hydrogen-bond donors (Lipinski definition) is 3. The van der Waals surface area contributed by atoms with E-state index in [1.807, 2.05) is 0 Å². The number of aliphatic hydroxyl groups is 2. The molecule has 0 rings (SSSR count). The minimum atomic E-state index is -2.76. The molecular formula is C12H25F2NO3. The lowest BCUT2D eigenvalue weighted by molar-refractivity contribution is -0.00752. The fourth-order valence-electron chi connectivity index (χ4n) is 1.40. The summed E-state index contributed by atoms with van der Waals surface area (Å²) in [7, 11) is 0. The summed E-state index contributed by atoms with van der Waals surface area (Å²) in [6, 6.07) is 0. The number of halogens is 2. The van der Waals surface area contributed by atoms with Crippen molar-refractivity contribution >= 4 is 0 Å². The fraction of sp³-hybridized carbons (Fsp3) is 1.00. The van der Waals surface area contributed by atoms with E-state index >= 15 is 0 Å². The smallest absolute Gasteiger partial charge is 0.265 e. The van der Waals surface area contributed by atoms with E-state index in [1.54, 1.807) is 0 Å². The third-order valence-corrected chi connectivity index (χ3v) is 2.48. The Bertz CT molecular complexity index is 185. The minimum absolute atomic E-state index is 0.138. The molecule has 0 aromatic heterocycles. The zero-order valence-corrected chi connectivity index (χ0v) is 10.9. The molecule has 0 saturated heterocycles. The van der Waals surface area contributed by atoms with Gasteiger partial charge in [0.25, 0.3) is 6.43 Å². The lowest BCUT2D eigenvalue weighted by Crippen LogP contribution is -2.37. The van der Waals surface area contributed by atoms with Gasteiger partial charge in [0, 0.05) is 19.7 Å². The number of nitrogens with one attached hydrogen (secondary N) is 1. The third kappa shape index (κ3) is 10.8. The van der Waals surface area contributed by atoms with Crippen molar-refractivity contribution in [2.75, 3.05) is 26.3 Å². The predicted octanol–water partition coefficient (Wildman–Crippen LogP) is 1.16. The molecule has 0 aromatic carbocycles. The molecule has 4 nitrogen and oxygen atoms in total. The Morgan fingerprint density at radius 2 is 1.83 bits per heavy atom. The number of aliphatic hydroxyl groups excluding tert-OH is 2. The summed E-state index contributed by atoms with van der Waals surface area (Å²) in [4.78, 5) is 0. The molecule has 18 heavy (non-hydrogen) atoms. The standard InChI is InChI=1S/C12H25F2NO3/c1-2-3-4-5-6-18-9-10(16)7-15-8-11(17)12(13)14/h10-12,15-17H,2-9H2,1H3. The Morgan fingerprint density at radius 1 is 1.11 bits per heavy atom. The zero-order valence-electron chi connectivity index (χ0n) is 10.9. The molecule has 0 bridgehead atoms. The van der Waals surface area contributed by atoms with Gasteiger partial charge in [-0.1, -0.05) is 26.2 Å². The molecule has 110 valence electrons. The summed E-state index contributed by atoms with van der Waals surface area (Å²) in [6.45, 7) is 2.83. The molecule has 2 unspecified atom stereocenters. The Labute approximate surface area is 107 Å². The summed E-state index contributed by atoms with van der Waals surface area (Å²) < 4.78 is 29.1. The van der Waals surface area contributed by atoms with Gasteiger partial charge in [0.15, 0.2) is 0 Å². The van der Waals surface area contributed by atoms with Crippen LogP contribution >= 0.6 is 0 Å². The largest absolute Gasteiger partial charge is 0.389 e. The minimum Gasteiger partial charge on any atom is -0.389 e. The quantitative estimate of drug-likeness (QED) is 0.465. The fourth-order valence-corrected chi connectivity index (χ4v) is 1.40. The van der Waals surface area contributed by atoms with Gasteiger partial charge in [-0.25, -0.2) is 8.78 Å². The molecule has 0 aliphatic carbocycles. The van der Waals surface area contributed by atoms with Crippen LogP contribution in [0.3, 0.4) is 0 Å². The van der Waals surface area contributed by atoms with Crippen molar-refractivity contribution in [3.05, 3.63) is 0 Å². The Kier molecular flexibility index (Phi) is 11.6. The Morgan fingerprint density at radius 3 is 2.44 bits per heavy atom. The van der Waals surface area contributed by atoms with Crippen molar-refractivity contribution in [2.45, 2.75) is 51.2 Å². The van der Waals surface area contributed by atoms with Crippen molar-refractivity contribution < 1.29 is 23.7 Å². The van der Waals surface area contributed by atoms with Gasteiger partial charge in [-0.05, 0) is 6.42 Å². The first-order chi connectivity index (χ1) is 8.57. The molecule has 0 saturated carbocycles. The zero-order chi connectivity index (χ0) is 13.8. The second-order valence-electron chi connectivity index (χ2n) is 4.35. The summed E-state index contributed by atoms with van der Waals surface area (Å²) >= 11 is 0. The Hall–Kier alpha value is -0.300. The van der Waals surface area contributed by atoms with E-state index in [0.717, 1.165) is 12.8 Å². The van der Waals surface area contributed by atoms with E-state index in [9.17, 15) is 13.9 Å². The van der Waals surface area contributed by atoms with Crippen molar-refractivity contribution in [3.8, 4) is 0 Å². The average molecular weight is 269 g/mol. The molecule has 0 heterocycles. The summed E-state index contributed by atoms with van der Waals surface area (Å²) in [5.41, 5.74) is 0. The summed E-state index contributed by atoms with van der Waals surface area (Å²) in [5, 5.41) is 20.8. The van der Waals surface area contributed by atoms with E-state index in [2.05, 4.69) is 12.2 Å². The second-order valence-corrected chi connectivity index (χ2v) is 4.35. The van der Waals surface area contributed by atoms with E-state index < -0.39 is 18.6 Å². The van der Waals surface area contributed by atoms with Crippen LogP contribution in [-0.4, -0.2) is 55.1 Å². The summed E-state index contributed by atoms with van der Waals surface area (Å²) in [6.07, 6.45) is -0.751. The number of unbranched alkanes of at least 4 members (excludes halogenated alkanes) is 3. The molecule has 0 radical (unpaired) electrons. The highest BCUT2D eigenvalue weighted by molar-refractivity contribution is 4.64. The van der Waals surface area contributed by atoms with Gasteiger partial charge in [0.2, 0.25) is 0 Å². The molecule has 3 N–H and O–H groups in total. The molecule has 0 fully saturated rings. The molecule has 0 aliphatic rings. The van der Waals surface area contributed by atoms with Gasteiger partial charge in [-0.3, -0.25) is 0 Å². The molecule has 0 amide bonds. The first-order valence-electron chi connectivity index (χ1n) is 6.50. The van der Waals surface area contributed by atoms with Gasteiger partial charge in [0.05, 0.1) is 12.7 Å². The van der Waals surface area contributed by atoms with Crippen LogP contribution in [-0.2, 0) is 4.74 Å². The van der Waals surface area contributed by atoms with E-state index in [0.29, 0.717) is 6.61 Å². The monoisotopic (exact) mass is 269 g/mol. The number of rotatable bonds is 12. The first kappa shape index (κ1) is 17.7. The normalized spacial score (nSPS) is 15.0. The number of alkyl halides is 2. The molecule has 0 spiro atoms. The topological polar surface area (TPSA) is 61.7 Å². The number of ether oxygens (including phenoxy) is 1. The first-order valence-corrected chi connectivity index (χ1v) is 6.50. The highest BCUT2D eigenvalue weighted by Crippen LogP contribution is 2.00. The van der Waals surface area contributed by atoms with Crippen LogP contribution in [0.5, 0.6) is 0 Å². The van der Waals surface area contributed by atoms with Gasteiger partial charge in [-0.15, -0.1) is 0 Å². The average Bonchev–Trinajstić information content (AvgIpc) is 2.33. The predicted molar refractivity (Wildman–Crippen MR) is 65.8 cm³/mol. The van der Waals surface area contributed by atoms with Crippen LogP contribution in [0.2, 0.25) is 0 Å². The van der Waals surface area contributed by atoms with Gasteiger partial charge in [0.1, 0.15) is 6.10 Å². The maximum absolute atomic E-state index is 11.9. The maximum Gasteiger partial charge on any atom is 0.265 e. The highest BCUT2D eigenvalue weighted by atomic mass is 19.3. The van der Waals surface area contributed by atoms with Crippen molar-refractivity contribution in [3.63, 3.8) is 0 Å². The maximum atomic E-state index is 11.9. The second kappa shape index (κ2) is 11.8. The van der Waals surface area contributed by atoms with Crippen LogP contribution in [0, 0.1) is 0 Å². The van der Waals surface area contributed by atoms with Crippen molar-refractivity contribution in [1.82, 2.24) is 5.32 Å². The van der Waals surface area contributed by atoms with E-state index in [1.165, 1.54) is 12.8 Å². The van der Waals surface area contributed by atoms with Crippen LogP contribution in [0.4, 0.5) is 8.78 Å². The molecule has 0 aliphatic heterocycles. The van der Waals surface area contributed by atoms with Crippen LogP contribution < -0.4 is 5.32 Å². The van der Waals surface area contributed by atoms with Crippen molar-refractivity contribution in [1.29, 1.82) is 0 Å². The SMILES string of the molecule is CCCCCCOCC(O)CNCC(O)C(F)F. The van der Waals surface area contributed by atoms with Crippen molar-refractivity contribution in [2.24, 2.45) is 0 Å². The number of hydrogen-bond acceptors (Lipinski definition) is 4. The lowest BCUT2D eigenvalue weighted by Gasteiger charge is -2.14. The van der Waals surface area contributed by atoms with Gasteiger partial charge >= 0.3 is 0 Å². The van der Waals surface area contributed by atoms with Crippen LogP contribution in [0.25, 0.3) is 0 Å². The molecular weight excluding hydrogens is 244 g/mol. The van der Waals surface area contributed by atoms with Crippen LogP contribution in [0.1, 0.15) is 32.6 Å². The Balaban J connectivity index is 3.29. The third-order valence-electron chi connectivity index (χ3n) is 2.48. The molecule has 2 atom stereocenters. The molecule has 6 heteroatoms. The van der Waals surface area contributed by atoms with Gasteiger partial charge in [-0.2, -0.15) is 0 Å². The van der Waals surface area contributed by atoms with E-state index in [4.69, 9.17) is 9.84 Å². The molecule has 0 aromatic rings. The summed E-state index contributed by atoms with van der Waals surface area (Å²) in [5.74, 6) is 0. The van der Waals surface area contributed by atoms with Crippen LogP contribution in [0.15, 0.2) is 0 Å². The van der Waals surface area contributed by atoms with Gasteiger partial charge < -0.3 is 20.3 Å². The van der Waals surface area contributed by atoms with E-state index in [-0.39, 0.29) is 19.7 Å².